The maximum absolute atomic E-state index is 5.36. The van der Waals surface area contributed by atoms with Crippen molar-refractivity contribution in [2.75, 3.05) is 13.7 Å². The van der Waals surface area contributed by atoms with Crippen molar-refractivity contribution >= 4 is 0 Å². The van der Waals surface area contributed by atoms with Gasteiger partial charge in [0.15, 0.2) is 0 Å². The lowest BCUT2D eigenvalue weighted by molar-refractivity contribution is 0.0197. The minimum absolute atomic E-state index is 0.0422. The Morgan fingerprint density at radius 3 is 2.38 bits per heavy atom. The van der Waals surface area contributed by atoms with Crippen LogP contribution in [0.15, 0.2) is 0 Å². The van der Waals surface area contributed by atoms with Gasteiger partial charge in [-0.1, -0.05) is 6.92 Å². The molecule has 0 aromatic carbocycles. The molecule has 1 atom stereocenters. The average molecular weight is 185 g/mol. The maximum Gasteiger partial charge on any atom is 0.0746 e. The minimum Gasteiger partial charge on any atom is -0.377 e. The molecule has 1 aliphatic rings. The fourth-order valence-electron chi connectivity index (χ4n) is 1.35. The summed E-state index contributed by atoms with van der Waals surface area (Å²) in [6, 6.07) is 0.613. The van der Waals surface area contributed by atoms with Gasteiger partial charge in [0, 0.05) is 19.7 Å². The van der Waals surface area contributed by atoms with Crippen LogP contribution in [0, 0.1) is 5.41 Å². The second kappa shape index (κ2) is 3.58. The number of hydrogen-bond acceptors (Lipinski definition) is 2. The fraction of sp³-hybridized carbons (Fsp3) is 1.00. The highest BCUT2D eigenvalue weighted by Gasteiger charge is 2.42. The highest BCUT2D eigenvalue weighted by molar-refractivity contribution is 4.97. The molecule has 0 amide bonds. The van der Waals surface area contributed by atoms with Crippen molar-refractivity contribution in [1.29, 1.82) is 0 Å². The van der Waals surface area contributed by atoms with E-state index >= 15 is 0 Å². The Morgan fingerprint density at radius 2 is 2.00 bits per heavy atom. The molecule has 1 N–H and O–H groups in total. The molecule has 1 aliphatic carbocycles. The van der Waals surface area contributed by atoms with Crippen LogP contribution in [0.5, 0.6) is 0 Å². The highest BCUT2D eigenvalue weighted by atomic mass is 16.5. The van der Waals surface area contributed by atoms with E-state index in [0.717, 1.165) is 6.54 Å². The molecule has 13 heavy (non-hydrogen) atoms. The lowest BCUT2D eigenvalue weighted by Gasteiger charge is -2.28. The van der Waals surface area contributed by atoms with Crippen molar-refractivity contribution in [2.24, 2.45) is 5.41 Å². The summed E-state index contributed by atoms with van der Waals surface area (Å²) >= 11 is 0. The monoisotopic (exact) mass is 185 g/mol. The standard InChI is InChI=1S/C11H23NO/c1-9(11(4)6-7-11)12-8-10(2,3)13-5/h9,12H,6-8H2,1-5H3. The topological polar surface area (TPSA) is 21.3 Å². The van der Waals surface area contributed by atoms with Gasteiger partial charge in [0.05, 0.1) is 5.60 Å². The second-order valence-electron chi connectivity index (χ2n) is 5.22. The number of ether oxygens (including phenoxy) is 1. The van der Waals surface area contributed by atoms with Gasteiger partial charge in [-0.25, -0.2) is 0 Å². The number of methoxy groups -OCH3 is 1. The smallest absolute Gasteiger partial charge is 0.0746 e. The summed E-state index contributed by atoms with van der Waals surface area (Å²) in [6.45, 7) is 9.79. The first-order valence-corrected chi connectivity index (χ1v) is 5.18. The zero-order valence-corrected chi connectivity index (χ0v) is 9.61. The van der Waals surface area contributed by atoms with Crippen LogP contribution < -0.4 is 5.32 Å². The third-order valence-corrected chi connectivity index (χ3v) is 3.47. The lowest BCUT2D eigenvalue weighted by Crippen LogP contribution is -2.43. The quantitative estimate of drug-likeness (QED) is 0.709. The van der Waals surface area contributed by atoms with E-state index < -0.39 is 0 Å². The number of hydrogen-bond donors (Lipinski definition) is 1. The van der Waals surface area contributed by atoms with E-state index in [9.17, 15) is 0 Å². The third-order valence-electron chi connectivity index (χ3n) is 3.47. The predicted molar refractivity (Wildman–Crippen MR) is 55.9 cm³/mol. The van der Waals surface area contributed by atoms with Crippen LogP contribution >= 0.6 is 0 Å². The molecule has 0 radical (unpaired) electrons. The van der Waals surface area contributed by atoms with Gasteiger partial charge < -0.3 is 10.1 Å². The molecule has 2 heteroatoms. The molecular formula is C11H23NO. The molecule has 1 fully saturated rings. The molecule has 0 saturated heterocycles. The van der Waals surface area contributed by atoms with E-state index in [2.05, 4.69) is 33.0 Å². The Morgan fingerprint density at radius 1 is 1.46 bits per heavy atom. The maximum atomic E-state index is 5.36. The average Bonchev–Trinajstić information content (AvgIpc) is 2.81. The van der Waals surface area contributed by atoms with Gasteiger partial charge >= 0.3 is 0 Å². The van der Waals surface area contributed by atoms with Crippen LogP contribution in [0.25, 0.3) is 0 Å². The lowest BCUT2D eigenvalue weighted by atomic mass is 10.00. The van der Waals surface area contributed by atoms with Gasteiger partial charge in [-0.15, -0.1) is 0 Å². The molecule has 0 aromatic rings. The van der Waals surface area contributed by atoms with Crippen molar-refractivity contribution < 1.29 is 4.74 Å². The number of rotatable bonds is 5. The van der Waals surface area contributed by atoms with E-state index in [1.165, 1.54) is 12.8 Å². The largest absolute Gasteiger partial charge is 0.377 e. The van der Waals surface area contributed by atoms with Crippen LogP contribution in [0.1, 0.15) is 40.5 Å². The zero-order valence-electron chi connectivity index (χ0n) is 9.61. The van der Waals surface area contributed by atoms with E-state index in [0.29, 0.717) is 11.5 Å². The van der Waals surface area contributed by atoms with Crippen LogP contribution in [0.2, 0.25) is 0 Å². The fourth-order valence-corrected chi connectivity index (χ4v) is 1.35. The predicted octanol–water partition coefficient (Wildman–Crippen LogP) is 2.19. The van der Waals surface area contributed by atoms with Gasteiger partial charge in [0.2, 0.25) is 0 Å². The summed E-state index contributed by atoms with van der Waals surface area (Å²) in [5.74, 6) is 0. The Hall–Kier alpha value is -0.0800. The first-order valence-electron chi connectivity index (χ1n) is 5.18. The molecule has 0 aromatic heterocycles. The van der Waals surface area contributed by atoms with Crippen molar-refractivity contribution in [3.8, 4) is 0 Å². The molecule has 0 bridgehead atoms. The van der Waals surface area contributed by atoms with Crippen molar-refractivity contribution in [2.45, 2.75) is 52.2 Å². The van der Waals surface area contributed by atoms with Gasteiger partial charge in [-0.3, -0.25) is 0 Å². The number of nitrogens with one attached hydrogen (secondary N) is 1. The molecule has 1 rings (SSSR count). The first-order chi connectivity index (χ1) is 5.90. The third kappa shape index (κ3) is 2.96. The molecule has 78 valence electrons. The molecule has 0 heterocycles. The summed E-state index contributed by atoms with van der Waals surface area (Å²) < 4.78 is 5.36. The highest BCUT2D eigenvalue weighted by Crippen LogP contribution is 2.47. The molecule has 2 nitrogen and oxygen atoms in total. The van der Waals surface area contributed by atoms with Crippen LogP contribution in [-0.2, 0) is 4.74 Å². The zero-order chi connectivity index (χ0) is 10.1. The summed E-state index contributed by atoms with van der Waals surface area (Å²) in [7, 11) is 1.77. The Bertz CT molecular complexity index is 173. The SMILES string of the molecule is COC(C)(C)CNC(C)C1(C)CC1. The molecule has 1 saturated carbocycles. The molecule has 0 aliphatic heterocycles. The van der Waals surface area contributed by atoms with Crippen LogP contribution in [0.3, 0.4) is 0 Å². The molecular weight excluding hydrogens is 162 g/mol. The van der Waals surface area contributed by atoms with Crippen molar-refractivity contribution in [3.63, 3.8) is 0 Å². The second-order valence-corrected chi connectivity index (χ2v) is 5.22. The first kappa shape index (κ1) is 11.0. The minimum atomic E-state index is -0.0422. The Labute approximate surface area is 82.0 Å². The van der Waals surface area contributed by atoms with E-state index in [1.807, 2.05) is 0 Å². The van der Waals surface area contributed by atoms with E-state index in [-0.39, 0.29) is 5.60 Å². The van der Waals surface area contributed by atoms with Crippen LogP contribution in [-0.4, -0.2) is 25.3 Å². The van der Waals surface area contributed by atoms with Gasteiger partial charge in [0.1, 0.15) is 0 Å². The van der Waals surface area contributed by atoms with Crippen molar-refractivity contribution in [1.82, 2.24) is 5.32 Å². The van der Waals surface area contributed by atoms with Gasteiger partial charge in [0.25, 0.3) is 0 Å². The summed E-state index contributed by atoms with van der Waals surface area (Å²) in [6.07, 6.45) is 2.74. The van der Waals surface area contributed by atoms with Gasteiger partial charge in [-0.2, -0.15) is 0 Å². The normalized spacial score (nSPS) is 22.8. The van der Waals surface area contributed by atoms with E-state index in [1.54, 1.807) is 7.11 Å². The van der Waals surface area contributed by atoms with Crippen LogP contribution in [0.4, 0.5) is 0 Å². The summed E-state index contributed by atoms with van der Waals surface area (Å²) in [4.78, 5) is 0. The van der Waals surface area contributed by atoms with Crippen molar-refractivity contribution in [3.05, 3.63) is 0 Å². The van der Waals surface area contributed by atoms with Gasteiger partial charge in [-0.05, 0) is 39.0 Å². The Kier molecular flexibility index (Phi) is 3.03. The Balaban J connectivity index is 2.26. The summed E-state index contributed by atoms with van der Waals surface area (Å²) in [5, 5.41) is 3.55. The summed E-state index contributed by atoms with van der Waals surface area (Å²) in [5.41, 5.74) is 0.517. The molecule has 0 spiro atoms. The molecule has 1 unspecified atom stereocenters. The van der Waals surface area contributed by atoms with E-state index in [4.69, 9.17) is 4.74 Å².